The number of aromatic nitrogens is 2. The zero-order valence-electron chi connectivity index (χ0n) is 13.1. The Morgan fingerprint density at radius 2 is 2.00 bits per heavy atom. The van der Waals surface area contributed by atoms with Gasteiger partial charge in [0.2, 0.25) is 5.13 Å². The maximum atomic E-state index is 12.1. The van der Waals surface area contributed by atoms with Gasteiger partial charge in [-0.2, -0.15) is 0 Å². The molecule has 1 aromatic heterocycles. The lowest BCUT2D eigenvalue weighted by Crippen LogP contribution is -2.30. The Labute approximate surface area is 148 Å². The second-order valence-electron chi connectivity index (χ2n) is 5.28. The van der Waals surface area contributed by atoms with Crippen LogP contribution in [0.15, 0.2) is 28.6 Å². The summed E-state index contributed by atoms with van der Waals surface area (Å²) in [4.78, 5) is 12.1. The zero-order chi connectivity index (χ0) is 16.8. The number of hydrogen-bond acceptors (Lipinski definition) is 6. The predicted molar refractivity (Wildman–Crippen MR) is 95.6 cm³/mol. The molecular formula is C15H18ClN3O2S2. The minimum Gasteiger partial charge on any atom is -0.481 e. The summed E-state index contributed by atoms with van der Waals surface area (Å²) < 4.78 is 6.42. The molecule has 8 heteroatoms. The van der Waals surface area contributed by atoms with E-state index < -0.39 is 6.10 Å². The Morgan fingerprint density at radius 1 is 1.30 bits per heavy atom. The highest BCUT2D eigenvalue weighted by Gasteiger charge is 2.17. The molecule has 0 aliphatic carbocycles. The summed E-state index contributed by atoms with van der Waals surface area (Å²) in [6.45, 7) is 5.97. The molecule has 2 aromatic rings. The lowest BCUT2D eigenvalue weighted by Gasteiger charge is -2.13. The molecule has 23 heavy (non-hydrogen) atoms. The Bertz CT molecular complexity index is 646. The van der Waals surface area contributed by atoms with Crippen molar-refractivity contribution in [1.29, 1.82) is 0 Å². The highest BCUT2D eigenvalue weighted by atomic mass is 35.5. The standard InChI is InChI=1S/C15H18ClN3O2S2/c1-9(2)8-22-15-19-18-14(23-15)17-13(20)10(3)21-12-6-4-11(16)5-7-12/h4-7,9-10H,8H2,1-3H3,(H,17,18,20). The van der Waals surface area contributed by atoms with Crippen LogP contribution in [0.3, 0.4) is 0 Å². The van der Waals surface area contributed by atoms with Gasteiger partial charge in [0, 0.05) is 10.8 Å². The van der Waals surface area contributed by atoms with Crippen LogP contribution in [0.25, 0.3) is 0 Å². The van der Waals surface area contributed by atoms with E-state index >= 15 is 0 Å². The van der Waals surface area contributed by atoms with Crippen molar-refractivity contribution in [3.05, 3.63) is 29.3 Å². The number of nitrogens with zero attached hydrogens (tertiary/aromatic N) is 2. The van der Waals surface area contributed by atoms with Crippen molar-refractivity contribution in [2.24, 2.45) is 5.92 Å². The molecule has 1 unspecified atom stereocenters. The molecule has 124 valence electrons. The van der Waals surface area contributed by atoms with Crippen LogP contribution in [0.1, 0.15) is 20.8 Å². The number of ether oxygens (including phenoxy) is 1. The van der Waals surface area contributed by atoms with E-state index in [-0.39, 0.29) is 5.91 Å². The van der Waals surface area contributed by atoms with E-state index in [1.54, 1.807) is 43.0 Å². The Hall–Kier alpha value is -1.31. The molecule has 5 nitrogen and oxygen atoms in total. The fourth-order valence-electron chi connectivity index (χ4n) is 1.53. The third kappa shape index (κ3) is 6.01. The fraction of sp³-hybridized carbons (Fsp3) is 0.400. The predicted octanol–water partition coefficient (Wildman–Crippen LogP) is 4.35. The highest BCUT2D eigenvalue weighted by Crippen LogP contribution is 2.27. The summed E-state index contributed by atoms with van der Waals surface area (Å²) in [6, 6.07) is 6.87. The number of rotatable bonds is 7. The number of benzene rings is 1. The first-order valence-electron chi connectivity index (χ1n) is 7.13. The Morgan fingerprint density at radius 3 is 2.65 bits per heavy atom. The molecule has 1 aromatic carbocycles. The molecule has 0 saturated carbocycles. The van der Waals surface area contributed by atoms with Crippen molar-refractivity contribution >= 4 is 45.7 Å². The van der Waals surface area contributed by atoms with Crippen molar-refractivity contribution in [3.63, 3.8) is 0 Å². The lowest BCUT2D eigenvalue weighted by molar-refractivity contribution is -0.122. The van der Waals surface area contributed by atoms with Crippen molar-refractivity contribution in [2.45, 2.75) is 31.2 Å². The van der Waals surface area contributed by atoms with Gasteiger partial charge in [0.25, 0.3) is 5.91 Å². The van der Waals surface area contributed by atoms with E-state index in [0.29, 0.717) is 21.8 Å². The third-order valence-corrected chi connectivity index (χ3v) is 5.32. The SMILES string of the molecule is CC(C)CSc1nnc(NC(=O)C(C)Oc2ccc(Cl)cc2)s1. The number of hydrogen-bond donors (Lipinski definition) is 1. The van der Waals surface area contributed by atoms with Crippen molar-refractivity contribution in [2.75, 3.05) is 11.1 Å². The van der Waals surface area contributed by atoms with Gasteiger partial charge in [-0.25, -0.2) is 0 Å². The molecule has 0 spiro atoms. The van der Waals surface area contributed by atoms with Gasteiger partial charge in [0.1, 0.15) is 5.75 Å². The molecule has 0 aliphatic rings. The second kappa shape index (κ2) is 8.52. The smallest absolute Gasteiger partial charge is 0.266 e. The van der Waals surface area contributed by atoms with Crippen LogP contribution < -0.4 is 10.1 Å². The van der Waals surface area contributed by atoms with Gasteiger partial charge in [-0.1, -0.05) is 48.5 Å². The summed E-state index contributed by atoms with van der Waals surface area (Å²) in [5, 5.41) is 11.9. The van der Waals surface area contributed by atoms with Crippen LogP contribution in [-0.4, -0.2) is 28.0 Å². The molecule has 0 bridgehead atoms. The molecule has 1 amide bonds. The van der Waals surface area contributed by atoms with Crippen LogP contribution >= 0.6 is 34.7 Å². The van der Waals surface area contributed by atoms with Gasteiger partial charge in [-0.3, -0.25) is 10.1 Å². The first-order valence-corrected chi connectivity index (χ1v) is 9.31. The molecule has 2 rings (SSSR count). The molecule has 1 atom stereocenters. The topological polar surface area (TPSA) is 64.1 Å². The average Bonchev–Trinajstić information content (AvgIpc) is 2.95. The van der Waals surface area contributed by atoms with Gasteiger partial charge >= 0.3 is 0 Å². The van der Waals surface area contributed by atoms with E-state index in [9.17, 15) is 4.79 Å². The number of halogens is 1. The maximum absolute atomic E-state index is 12.1. The van der Waals surface area contributed by atoms with Gasteiger partial charge in [-0.05, 0) is 37.1 Å². The molecule has 0 saturated heterocycles. The van der Waals surface area contributed by atoms with E-state index in [4.69, 9.17) is 16.3 Å². The van der Waals surface area contributed by atoms with E-state index in [2.05, 4.69) is 29.4 Å². The average molecular weight is 372 g/mol. The lowest BCUT2D eigenvalue weighted by atomic mass is 10.3. The molecule has 1 heterocycles. The molecule has 0 aliphatic heterocycles. The zero-order valence-corrected chi connectivity index (χ0v) is 15.5. The molecule has 0 radical (unpaired) electrons. The number of nitrogens with one attached hydrogen (secondary N) is 1. The molecule has 0 fully saturated rings. The normalized spacial score (nSPS) is 12.2. The molecular weight excluding hydrogens is 354 g/mol. The maximum Gasteiger partial charge on any atom is 0.266 e. The summed E-state index contributed by atoms with van der Waals surface area (Å²) >= 11 is 8.82. The number of amides is 1. The Balaban J connectivity index is 1.86. The minimum atomic E-state index is -0.646. The van der Waals surface area contributed by atoms with Crippen molar-refractivity contribution in [1.82, 2.24) is 10.2 Å². The van der Waals surface area contributed by atoms with Crippen molar-refractivity contribution in [3.8, 4) is 5.75 Å². The first-order chi connectivity index (χ1) is 10.9. The fourth-order valence-corrected chi connectivity index (χ4v) is 3.39. The van der Waals surface area contributed by atoms with E-state index in [1.165, 1.54) is 11.3 Å². The van der Waals surface area contributed by atoms with Crippen LogP contribution in [0.2, 0.25) is 5.02 Å². The number of anilines is 1. The van der Waals surface area contributed by atoms with Crippen LogP contribution in [0, 0.1) is 5.92 Å². The van der Waals surface area contributed by atoms with E-state index in [1.807, 2.05) is 0 Å². The minimum absolute atomic E-state index is 0.267. The summed E-state index contributed by atoms with van der Waals surface area (Å²) in [6.07, 6.45) is -0.646. The van der Waals surface area contributed by atoms with Crippen LogP contribution in [0.5, 0.6) is 5.75 Å². The summed E-state index contributed by atoms with van der Waals surface area (Å²) in [7, 11) is 0. The van der Waals surface area contributed by atoms with Crippen LogP contribution in [0.4, 0.5) is 5.13 Å². The van der Waals surface area contributed by atoms with Crippen molar-refractivity contribution < 1.29 is 9.53 Å². The summed E-state index contributed by atoms with van der Waals surface area (Å²) in [5.74, 6) is 1.87. The third-order valence-electron chi connectivity index (χ3n) is 2.67. The second-order valence-corrected chi connectivity index (χ2v) is 7.96. The highest BCUT2D eigenvalue weighted by molar-refractivity contribution is 8.01. The van der Waals surface area contributed by atoms with E-state index in [0.717, 1.165) is 10.1 Å². The first kappa shape index (κ1) is 18.0. The Kier molecular flexibility index (Phi) is 6.68. The number of carbonyl (C=O) groups is 1. The van der Waals surface area contributed by atoms with Gasteiger partial charge in [-0.15, -0.1) is 10.2 Å². The van der Waals surface area contributed by atoms with Gasteiger partial charge < -0.3 is 4.74 Å². The van der Waals surface area contributed by atoms with Gasteiger partial charge in [0.15, 0.2) is 10.4 Å². The number of thioether (sulfide) groups is 1. The largest absolute Gasteiger partial charge is 0.481 e. The number of carbonyl (C=O) groups excluding carboxylic acids is 1. The monoisotopic (exact) mass is 371 g/mol. The summed E-state index contributed by atoms with van der Waals surface area (Å²) in [5.41, 5.74) is 0. The molecule has 1 N–H and O–H groups in total. The van der Waals surface area contributed by atoms with Crippen LogP contribution in [-0.2, 0) is 4.79 Å². The quantitative estimate of drug-likeness (QED) is 0.579. The van der Waals surface area contributed by atoms with Gasteiger partial charge in [0.05, 0.1) is 0 Å².